The Bertz CT molecular complexity index is 1190. The van der Waals surface area contributed by atoms with Gasteiger partial charge in [0, 0.05) is 35.0 Å². The molecule has 7 nitrogen and oxygen atoms in total. The molecule has 3 N–H and O–H groups in total. The molecule has 1 saturated heterocycles. The zero-order valence-electron chi connectivity index (χ0n) is 17.5. The topological polar surface area (TPSA) is 92.4 Å². The summed E-state index contributed by atoms with van der Waals surface area (Å²) in [6.45, 7) is 0.544. The van der Waals surface area contributed by atoms with Crippen molar-refractivity contribution in [2.75, 3.05) is 6.79 Å². The minimum Gasteiger partial charge on any atom is -0.454 e. The van der Waals surface area contributed by atoms with Gasteiger partial charge in [-0.15, -0.1) is 0 Å². The van der Waals surface area contributed by atoms with E-state index in [-0.39, 0.29) is 24.4 Å². The molecule has 32 heavy (non-hydrogen) atoms. The molecule has 2 aliphatic heterocycles. The van der Waals surface area contributed by atoms with E-state index in [0.29, 0.717) is 44.4 Å². The number of nitrogens with one attached hydrogen (secondary N) is 3. The highest BCUT2D eigenvalue weighted by Gasteiger charge is 2.38. The largest absolute Gasteiger partial charge is 0.454 e. The molecule has 3 heterocycles. The average Bonchev–Trinajstić information content (AvgIpc) is 3.49. The number of benzene rings is 2. The fourth-order valence-corrected chi connectivity index (χ4v) is 4.52. The Morgan fingerprint density at radius 2 is 2.00 bits per heavy atom. The Kier molecular flexibility index (Phi) is 5.20. The zero-order chi connectivity index (χ0) is 22.1. The van der Waals surface area contributed by atoms with Crippen LogP contribution >= 0.6 is 0 Å². The average molecular weight is 437 g/mol. The smallest absolute Gasteiger partial charge is 0.231 e. The maximum atomic E-state index is 13.4. The van der Waals surface area contributed by atoms with Gasteiger partial charge >= 0.3 is 0 Å². The number of ether oxygens (including phenoxy) is 2. The van der Waals surface area contributed by atoms with Crippen molar-refractivity contribution in [1.82, 2.24) is 15.6 Å². The van der Waals surface area contributed by atoms with Gasteiger partial charge in [-0.3, -0.25) is 9.59 Å². The summed E-state index contributed by atoms with van der Waals surface area (Å²) >= 11 is 0. The summed E-state index contributed by atoms with van der Waals surface area (Å²) in [5.74, 6) is 1.05. The van der Waals surface area contributed by atoms with Crippen LogP contribution in [-0.2, 0) is 22.6 Å². The quantitative estimate of drug-likeness (QED) is 0.529. The Hall–Kier alpha value is -3.55. The van der Waals surface area contributed by atoms with Gasteiger partial charge < -0.3 is 25.1 Å². The SMILES string of the molecule is O=C(CCC1(Cc2ccc3c(c2)OCO3)CCC(=O)N1)NCc1cc2cc(F)ccc2[nH]1. The van der Waals surface area contributed by atoms with Gasteiger partial charge in [0.05, 0.1) is 6.54 Å². The number of aromatic amines is 1. The van der Waals surface area contributed by atoms with E-state index in [1.165, 1.54) is 12.1 Å². The predicted octanol–water partition coefficient (Wildman–Crippen LogP) is 3.32. The first kappa shape index (κ1) is 20.4. The van der Waals surface area contributed by atoms with Gasteiger partial charge in [0.25, 0.3) is 0 Å². The maximum Gasteiger partial charge on any atom is 0.231 e. The van der Waals surface area contributed by atoms with Crippen LogP contribution in [0.1, 0.15) is 36.9 Å². The second kappa shape index (κ2) is 8.18. The van der Waals surface area contributed by atoms with Gasteiger partial charge in [0.1, 0.15) is 5.82 Å². The lowest BCUT2D eigenvalue weighted by molar-refractivity contribution is -0.122. The molecule has 1 unspecified atom stereocenters. The first-order valence-electron chi connectivity index (χ1n) is 10.7. The predicted molar refractivity (Wildman–Crippen MR) is 116 cm³/mol. The molecule has 0 radical (unpaired) electrons. The van der Waals surface area contributed by atoms with Gasteiger partial charge in [0.15, 0.2) is 11.5 Å². The van der Waals surface area contributed by atoms with E-state index in [1.54, 1.807) is 6.07 Å². The minimum absolute atomic E-state index is 0.0106. The lowest BCUT2D eigenvalue weighted by Gasteiger charge is -2.29. The molecule has 8 heteroatoms. The van der Waals surface area contributed by atoms with Crippen LogP contribution in [0, 0.1) is 5.82 Å². The first-order valence-corrected chi connectivity index (χ1v) is 10.7. The Balaban J connectivity index is 1.20. The molecule has 2 amide bonds. The maximum absolute atomic E-state index is 13.4. The molecule has 2 aromatic carbocycles. The van der Waals surface area contributed by atoms with Crippen molar-refractivity contribution in [2.24, 2.45) is 0 Å². The highest BCUT2D eigenvalue weighted by atomic mass is 19.1. The third kappa shape index (κ3) is 4.26. The van der Waals surface area contributed by atoms with Crippen LogP contribution in [0.4, 0.5) is 4.39 Å². The van der Waals surface area contributed by atoms with E-state index in [4.69, 9.17) is 9.47 Å². The third-order valence-corrected chi connectivity index (χ3v) is 6.16. The number of H-pyrrole nitrogens is 1. The summed E-state index contributed by atoms with van der Waals surface area (Å²) < 4.78 is 24.2. The summed E-state index contributed by atoms with van der Waals surface area (Å²) in [6.07, 6.45) is 2.59. The Labute approximate surface area is 184 Å². The molecule has 166 valence electrons. The third-order valence-electron chi connectivity index (χ3n) is 6.16. The van der Waals surface area contributed by atoms with E-state index >= 15 is 0 Å². The van der Waals surface area contributed by atoms with Crippen molar-refractivity contribution in [3.8, 4) is 11.5 Å². The van der Waals surface area contributed by atoms with Gasteiger partial charge in [-0.2, -0.15) is 0 Å². The van der Waals surface area contributed by atoms with Crippen molar-refractivity contribution in [2.45, 2.75) is 44.2 Å². The first-order chi connectivity index (χ1) is 15.5. The molecule has 0 saturated carbocycles. The zero-order valence-corrected chi connectivity index (χ0v) is 17.5. The van der Waals surface area contributed by atoms with E-state index < -0.39 is 5.54 Å². The fourth-order valence-electron chi connectivity index (χ4n) is 4.52. The highest BCUT2D eigenvalue weighted by Crippen LogP contribution is 2.36. The van der Waals surface area contributed by atoms with E-state index in [1.807, 2.05) is 24.3 Å². The lowest BCUT2D eigenvalue weighted by Crippen LogP contribution is -2.44. The number of halogens is 1. The highest BCUT2D eigenvalue weighted by molar-refractivity contribution is 5.81. The molecule has 5 rings (SSSR count). The lowest BCUT2D eigenvalue weighted by atomic mass is 9.85. The number of hydrogen-bond acceptors (Lipinski definition) is 4. The van der Waals surface area contributed by atoms with Crippen molar-refractivity contribution < 1.29 is 23.5 Å². The number of carbonyl (C=O) groups is 2. The molecule has 0 spiro atoms. The number of aromatic nitrogens is 1. The second-order valence-corrected chi connectivity index (χ2v) is 8.50. The van der Waals surface area contributed by atoms with E-state index in [0.717, 1.165) is 27.9 Å². The van der Waals surface area contributed by atoms with Crippen LogP contribution in [0.3, 0.4) is 0 Å². The standard InChI is InChI=1S/C24H24FN3O4/c25-17-2-3-19-16(10-17)11-18(27-19)13-26-22(29)5-7-24(8-6-23(30)28-24)12-15-1-4-20-21(9-15)32-14-31-20/h1-4,9-11,27H,5-8,12-14H2,(H,26,29)(H,28,30). The van der Waals surface area contributed by atoms with Crippen LogP contribution in [0.25, 0.3) is 10.9 Å². The number of fused-ring (bicyclic) bond motifs is 2. The minimum atomic E-state index is -0.458. The molecular weight excluding hydrogens is 413 g/mol. The van der Waals surface area contributed by atoms with Crippen LogP contribution in [0.15, 0.2) is 42.5 Å². The fraction of sp³-hybridized carbons (Fsp3) is 0.333. The van der Waals surface area contributed by atoms with Crippen LogP contribution in [0.2, 0.25) is 0 Å². The number of carbonyl (C=O) groups excluding carboxylic acids is 2. The molecular formula is C24H24FN3O4. The number of hydrogen-bond donors (Lipinski definition) is 3. The summed E-state index contributed by atoms with van der Waals surface area (Å²) in [4.78, 5) is 27.7. The van der Waals surface area contributed by atoms with Gasteiger partial charge in [-0.05, 0) is 61.2 Å². The van der Waals surface area contributed by atoms with Crippen LogP contribution in [-0.4, -0.2) is 29.1 Å². The van der Waals surface area contributed by atoms with Crippen molar-refractivity contribution in [3.05, 3.63) is 59.5 Å². The molecule has 0 aliphatic carbocycles. The second-order valence-electron chi connectivity index (χ2n) is 8.50. The molecule has 1 fully saturated rings. The van der Waals surface area contributed by atoms with Crippen molar-refractivity contribution in [3.63, 3.8) is 0 Å². The Morgan fingerprint density at radius 3 is 2.84 bits per heavy atom. The summed E-state index contributed by atoms with van der Waals surface area (Å²) in [7, 11) is 0. The van der Waals surface area contributed by atoms with Gasteiger partial charge in [-0.1, -0.05) is 6.07 Å². The van der Waals surface area contributed by atoms with E-state index in [2.05, 4.69) is 15.6 Å². The molecule has 1 aromatic heterocycles. The molecule has 3 aromatic rings. The normalized spacial score (nSPS) is 19.3. The molecule has 1 atom stereocenters. The van der Waals surface area contributed by atoms with Gasteiger partial charge in [-0.25, -0.2) is 4.39 Å². The Morgan fingerprint density at radius 1 is 1.12 bits per heavy atom. The van der Waals surface area contributed by atoms with Crippen LogP contribution in [0.5, 0.6) is 11.5 Å². The van der Waals surface area contributed by atoms with Crippen molar-refractivity contribution in [1.29, 1.82) is 0 Å². The molecule has 0 bridgehead atoms. The van der Waals surface area contributed by atoms with Gasteiger partial charge in [0.2, 0.25) is 18.6 Å². The number of rotatable bonds is 7. The van der Waals surface area contributed by atoms with Crippen LogP contribution < -0.4 is 20.1 Å². The van der Waals surface area contributed by atoms with Crippen molar-refractivity contribution >= 4 is 22.7 Å². The summed E-state index contributed by atoms with van der Waals surface area (Å²) in [6, 6.07) is 12.2. The van der Waals surface area contributed by atoms with E-state index in [9.17, 15) is 14.0 Å². The summed E-state index contributed by atoms with van der Waals surface area (Å²) in [5, 5.41) is 6.78. The monoisotopic (exact) mass is 437 g/mol. The summed E-state index contributed by atoms with van der Waals surface area (Å²) in [5.41, 5.74) is 2.21. The number of amides is 2. The molecule has 2 aliphatic rings.